The molecule has 2 heterocycles. The Labute approximate surface area is 141 Å². The number of carbonyl (C=O) groups is 2. The summed E-state index contributed by atoms with van der Waals surface area (Å²) < 4.78 is 5.74. The number of hydrogen-bond acceptors (Lipinski definition) is 4. The van der Waals surface area contributed by atoms with Gasteiger partial charge < -0.3 is 10.1 Å². The van der Waals surface area contributed by atoms with Crippen LogP contribution in [0.1, 0.15) is 24.8 Å². The molecule has 6 heteroatoms. The van der Waals surface area contributed by atoms with Crippen LogP contribution < -0.4 is 15.5 Å². The molecule has 0 radical (unpaired) electrons. The Bertz CT molecular complexity index is 654. The van der Waals surface area contributed by atoms with Gasteiger partial charge in [0.1, 0.15) is 6.61 Å². The quantitative estimate of drug-likeness (QED) is 0.820. The van der Waals surface area contributed by atoms with E-state index in [4.69, 9.17) is 4.74 Å². The molecule has 24 heavy (non-hydrogen) atoms. The van der Waals surface area contributed by atoms with Crippen molar-refractivity contribution in [3.63, 3.8) is 0 Å². The fourth-order valence-corrected chi connectivity index (χ4v) is 2.79. The van der Waals surface area contributed by atoms with E-state index < -0.39 is 0 Å². The van der Waals surface area contributed by atoms with Crippen LogP contribution in [0.2, 0.25) is 0 Å². The van der Waals surface area contributed by atoms with Gasteiger partial charge in [0.2, 0.25) is 5.91 Å². The predicted octanol–water partition coefficient (Wildman–Crippen LogP) is 1.25. The van der Waals surface area contributed by atoms with Gasteiger partial charge in [-0.15, -0.1) is 0 Å². The molecule has 1 aromatic carbocycles. The predicted molar refractivity (Wildman–Crippen MR) is 90.7 cm³/mol. The fraction of sp³-hybridized carbons (Fsp3) is 0.444. The van der Waals surface area contributed by atoms with Crippen LogP contribution in [0.5, 0.6) is 0 Å². The molecule has 2 N–H and O–H groups in total. The van der Waals surface area contributed by atoms with Gasteiger partial charge in [0.05, 0.1) is 6.10 Å². The van der Waals surface area contributed by atoms with Crippen molar-refractivity contribution in [2.75, 3.05) is 31.1 Å². The molecule has 0 aliphatic carbocycles. The molecular weight excluding hydrogens is 306 g/mol. The molecule has 3 amide bonds. The zero-order valence-corrected chi connectivity index (χ0v) is 13.5. The molecule has 1 aromatic rings. The van der Waals surface area contributed by atoms with Crippen LogP contribution in [0.4, 0.5) is 10.5 Å². The van der Waals surface area contributed by atoms with Gasteiger partial charge in [-0.2, -0.15) is 0 Å². The minimum absolute atomic E-state index is 0.229. The van der Waals surface area contributed by atoms with Crippen molar-refractivity contribution < 1.29 is 14.3 Å². The molecule has 0 bridgehead atoms. The summed E-state index contributed by atoms with van der Waals surface area (Å²) in [6, 6.07) is 7.05. The Kier molecular flexibility index (Phi) is 5.47. The Hall–Kier alpha value is -2.36. The maximum absolute atomic E-state index is 11.8. The van der Waals surface area contributed by atoms with Crippen molar-refractivity contribution in [3.05, 3.63) is 29.8 Å². The van der Waals surface area contributed by atoms with Gasteiger partial charge >= 0.3 is 6.03 Å². The van der Waals surface area contributed by atoms with Crippen molar-refractivity contribution in [1.29, 1.82) is 0 Å². The monoisotopic (exact) mass is 327 g/mol. The zero-order chi connectivity index (χ0) is 16.8. The summed E-state index contributed by atoms with van der Waals surface area (Å²) in [6.45, 7) is 2.85. The number of anilines is 1. The first-order chi connectivity index (χ1) is 11.7. The number of rotatable bonds is 3. The highest BCUT2D eigenvalue weighted by Crippen LogP contribution is 2.17. The molecule has 0 aromatic heterocycles. The van der Waals surface area contributed by atoms with Crippen molar-refractivity contribution >= 4 is 17.6 Å². The van der Waals surface area contributed by atoms with Crippen molar-refractivity contribution in [2.45, 2.75) is 25.4 Å². The maximum Gasteiger partial charge on any atom is 0.328 e. The van der Waals surface area contributed by atoms with Gasteiger partial charge in [-0.05, 0) is 50.2 Å². The molecular formula is C18H21N3O3. The number of imide groups is 1. The van der Waals surface area contributed by atoms with Crippen molar-refractivity contribution in [3.8, 4) is 11.8 Å². The lowest BCUT2D eigenvalue weighted by atomic mass is 10.1. The molecule has 2 aliphatic heterocycles. The van der Waals surface area contributed by atoms with E-state index in [0.29, 0.717) is 25.7 Å². The standard InChI is InChI=1S/C18H21N3O3/c22-17-9-12-21(18(23)20-17)15-5-3-14(4-6-15)2-1-13-24-16-7-10-19-11-8-16/h3-6,16,19H,7-13H2,(H,20,22,23). The van der Waals surface area contributed by atoms with Gasteiger partial charge in [0, 0.05) is 24.2 Å². The van der Waals surface area contributed by atoms with Gasteiger partial charge in [0.25, 0.3) is 0 Å². The van der Waals surface area contributed by atoms with Crippen LogP contribution in [0.15, 0.2) is 24.3 Å². The van der Waals surface area contributed by atoms with Crippen LogP contribution in [-0.2, 0) is 9.53 Å². The zero-order valence-electron chi connectivity index (χ0n) is 13.5. The van der Waals surface area contributed by atoms with Gasteiger partial charge in [-0.1, -0.05) is 11.8 Å². The number of nitrogens with zero attached hydrogens (tertiary/aromatic N) is 1. The van der Waals surface area contributed by atoms with Crippen molar-refractivity contribution in [1.82, 2.24) is 10.6 Å². The number of ether oxygens (including phenoxy) is 1. The number of carbonyl (C=O) groups excluding carboxylic acids is 2. The number of hydrogen-bond donors (Lipinski definition) is 2. The van der Waals surface area contributed by atoms with E-state index in [2.05, 4.69) is 22.5 Å². The summed E-state index contributed by atoms with van der Waals surface area (Å²) in [5.41, 5.74) is 1.64. The third kappa shape index (κ3) is 4.34. The first-order valence-electron chi connectivity index (χ1n) is 8.25. The Morgan fingerprint density at radius 1 is 1.17 bits per heavy atom. The molecule has 2 aliphatic rings. The average Bonchev–Trinajstić information content (AvgIpc) is 2.60. The maximum atomic E-state index is 11.8. The van der Waals surface area contributed by atoms with Crippen LogP contribution in [0, 0.1) is 11.8 Å². The Morgan fingerprint density at radius 2 is 1.92 bits per heavy atom. The minimum atomic E-state index is -0.375. The second kappa shape index (κ2) is 7.95. The van der Waals surface area contributed by atoms with E-state index in [-0.39, 0.29) is 11.9 Å². The molecule has 2 fully saturated rings. The molecule has 6 nitrogen and oxygen atoms in total. The second-order valence-corrected chi connectivity index (χ2v) is 5.86. The molecule has 3 rings (SSSR count). The summed E-state index contributed by atoms with van der Waals surface area (Å²) in [5.74, 6) is 5.87. The third-order valence-electron chi connectivity index (χ3n) is 4.14. The molecule has 0 atom stereocenters. The first kappa shape index (κ1) is 16.5. The lowest BCUT2D eigenvalue weighted by Gasteiger charge is -2.26. The van der Waals surface area contributed by atoms with Gasteiger partial charge in [-0.3, -0.25) is 15.0 Å². The third-order valence-corrected chi connectivity index (χ3v) is 4.14. The van der Waals surface area contributed by atoms with Crippen LogP contribution in [-0.4, -0.2) is 44.3 Å². The van der Waals surface area contributed by atoms with Crippen LogP contribution in [0.25, 0.3) is 0 Å². The average molecular weight is 327 g/mol. The molecule has 126 valence electrons. The number of benzene rings is 1. The van der Waals surface area contributed by atoms with E-state index >= 15 is 0 Å². The summed E-state index contributed by atoms with van der Waals surface area (Å²) in [5, 5.41) is 5.62. The topological polar surface area (TPSA) is 70.7 Å². The van der Waals surface area contributed by atoms with Gasteiger partial charge in [0.15, 0.2) is 0 Å². The van der Waals surface area contributed by atoms with Crippen LogP contribution >= 0.6 is 0 Å². The molecule has 0 saturated carbocycles. The summed E-state index contributed by atoms with van der Waals surface area (Å²) in [7, 11) is 0. The number of urea groups is 1. The van der Waals surface area contributed by atoms with E-state index in [1.807, 2.05) is 24.3 Å². The molecule has 0 unspecified atom stereocenters. The molecule has 0 spiro atoms. The Morgan fingerprint density at radius 3 is 2.62 bits per heavy atom. The number of piperidine rings is 1. The Balaban J connectivity index is 1.52. The lowest BCUT2D eigenvalue weighted by Crippen LogP contribution is -2.49. The van der Waals surface area contributed by atoms with Gasteiger partial charge in [-0.25, -0.2) is 4.79 Å². The van der Waals surface area contributed by atoms with Crippen LogP contribution in [0.3, 0.4) is 0 Å². The summed E-state index contributed by atoms with van der Waals surface area (Å²) in [4.78, 5) is 24.5. The van der Waals surface area contributed by atoms with E-state index in [9.17, 15) is 9.59 Å². The normalized spacial score (nSPS) is 18.8. The fourth-order valence-electron chi connectivity index (χ4n) is 2.79. The SMILES string of the molecule is O=C1CCN(c2ccc(C#CCOC3CCNCC3)cc2)C(=O)N1. The number of amides is 3. The lowest BCUT2D eigenvalue weighted by molar-refractivity contribution is -0.120. The number of nitrogens with one attached hydrogen (secondary N) is 2. The smallest absolute Gasteiger partial charge is 0.328 e. The highest BCUT2D eigenvalue weighted by molar-refractivity contribution is 6.05. The van der Waals surface area contributed by atoms with E-state index in [1.165, 1.54) is 0 Å². The minimum Gasteiger partial charge on any atom is -0.365 e. The van der Waals surface area contributed by atoms with Crippen molar-refractivity contribution in [2.24, 2.45) is 0 Å². The highest BCUT2D eigenvalue weighted by atomic mass is 16.5. The second-order valence-electron chi connectivity index (χ2n) is 5.86. The highest BCUT2D eigenvalue weighted by Gasteiger charge is 2.23. The van der Waals surface area contributed by atoms with E-state index in [1.54, 1.807) is 4.90 Å². The van der Waals surface area contributed by atoms with E-state index in [0.717, 1.165) is 37.2 Å². The first-order valence-corrected chi connectivity index (χ1v) is 8.25. The molecule has 2 saturated heterocycles. The summed E-state index contributed by atoms with van der Waals surface area (Å²) in [6.07, 6.45) is 2.71. The summed E-state index contributed by atoms with van der Waals surface area (Å²) >= 11 is 0. The largest absolute Gasteiger partial charge is 0.365 e.